The van der Waals surface area contributed by atoms with Crippen LogP contribution in [0.4, 0.5) is 0 Å². The molecule has 2 nitrogen and oxygen atoms in total. The van der Waals surface area contributed by atoms with Crippen LogP contribution < -0.4 is 4.74 Å². The summed E-state index contributed by atoms with van der Waals surface area (Å²) in [5.74, 6) is 0.961. The summed E-state index contributed by atoms with van der Waals surface area (Å²) in [5, 5.41) is 0. The Kier molecular flexibility index (Phi) is 7.45. The number of benzene rings is 3. The number of likely N-dealkylation sites (N-methyl/N-ethyl adjacent to an activating group) is 1. The Labute approximate surface area is 169 Å². The molecule has 28 heavy (non-hydrogen) atoms. The van der Waals surface area contributed by atoms with Gasteiger partial charge in [-0.3, -0.25) is 0 Å². The first-order chi connectivity index (χ1) is 13.7. The van der Waals surface area contributed by atoms with Crippen LogP contribution in [0.25, 0.3) is 6.08 Å². The summed E-state index contributed by atoms with van der Waals surface area (Å²) in [6.45, 7) is 3.98. The van der Waals surface area contributed by atoms with E-state index < -0.39 is 0 Å². The average Bonchev–Trinajstić information content (AvgIpc) is 2.74. The number of hydrogen-bond acceptors (Lipinski definition) is 2. The Hall–Kier alpha value is -2.84. The van der Waals surface area contributed by atoms with Gasteiger partial charge in [-0.25, -0.2) is 0 Å². The Bertz CT molecular complexity index is 858. The zero-order valence-corrected chi connectivity index (χ0v) is 16.8. The fourth-order valence-corrected chi connectivity index (χ4v) is 3.17. The van der Waals surface area contributed by atoms with Gasteiger partial charge in [-0.2, -0.15) is 0 Å². The molecule has 144 valence electrons. The Morgan fingerprint density at radius 1 is 0.857 bits per heavy atom. The minimum absolute atomic E-state index is 0.0443. The molecule has 2 heteroatoms. The van der Waals surface area contributed by atoms with Crippen LogP contribution in [-0.2, 0) is 0 Å². The molecule has 0 N–H and O–H groups in total. The van der Waals surface area contributed by atoms with Crippen molar-refractivity contribution in [3.63, 3.8) is 0 Å². The molecular weight excluding hydrogens is 342 g/mol. The number of hydrogen-bond donors (Lipinski definition) is 0. The van der Waals surface area contributed by atoms with Gasteiger partial charge in [0, 0.05) is 19.5 Å². The van der Waals surface area contributed by atoms with Crippen LogP contribution in [-0.4, -0.2) is 25.0 Å². The largest absolute Gasteiger partial charge is 0.485 e. The third-order valence-corrected chi connectivity index (χ3v) is 4.83. The first kappa shape index (κ1) is 19.9. The minimum atomic E-state index is 0.0443. The molecule has 3 rings (SSSR count). The van der Waals surface area contributed by atoms with E-state index in [0.717, 1.165) is 25.3 Å². The number of aryl methyl sites for hydroxylation is 1. The smallest absolute Gasteiger partial charge is 0.125 e. The normalized spacial score (nSPS) is 12.4. The number of rotatable bonds is 9. The van der Waals surface area contributed by atoms with E-state index in [9.17, 15) is 0 Å². The summed E-state index contributed by atoms with van der Waals surface area (Å²) in [6, 6.07) is 29.2. The first-order valence-electron chi connectivity index (χ1n) is 9.90. The van der Waals surface area contributed by atoms with Gasteiger partial charge in [0.2, 0.25) is 0 Å². The van der Waals surface area contributed by atoms with Crippen molar-refractivity contribution in [2.75, 3.05) is 20.1 Å². The highest BCUT2D eigenvalue weighted by Gasteiger charge is 2.15. The Morgan fingerprint density at radius 3 is 2.21 bits per heavy atom. The highest BCUT2D eigenvalue weighted by Crippen LogP contribution is 2.27. The van der Waals surface area contributed by atoms with E-state index in [1.54, 1.807) is 0 Å². The molecule has 0 unspecified atom stereocenters. The van der Waals surface area contributed by atoms with Gasteiger partial charge in [0.15, 0.2) is 0 Å². The van der Waals surface area contributed by atoms with Crippen LogP contribution in [0.3, 0.4) is 0 Å². The molecule has 0 aliphatic rings. The van der Waals surface area contributed by atoms with E-state index in [1.165, 1.54) is 16.7 Å². The Balaban J connectivity index is 1.60. The molecule has 0 spiro atoms. The second kappa shape index (κ2) is 10.5. The van der Waals surface area contributed by atoms with Gasteiger partial charge < -0.3 is 9.64 Å². The van der Waals surface area contributed by atoms with Crippen LogP contribution in [0.5, 0.6) is 5.75 Å². The molecule has 0 aromatic heterocycles. The van der Waals surface area contributed by atoms with E-state index in [1.807, 2.05) is 18.2 Å². The predicted octanol–water partition coefficient (Wildman–Crippen LogP) is 6.15. The summed E-state index contributed by atoms with van der Waals surface area (Å²) in [7, 11) is 2.16. The summed E-state index contributed by atoms with van der Waals surface area (Å²) < 4.78 is 6.41. The number of nitrogens with zero attached hydrogens (tertiary/aromatic N) is 1. The van der Waals surface area contributed by atoms with Crippen molar-refractivity contribution in [1.82, 2.24) is 4.90 Å². The van der Waals surface area contributed by atoms with Crippen molar-refractivity contribution in [3.05, 3.63) is 108 Å². The summed E-state index contributed by atoms with van der Waals surface area (Å²) >= 11 is 0. The standard InChI is InChI=1S/C26H29NO/c1-22-12-9-10-18-25(22)28-26(24-16-7-4-8-17-24)19-21-27(2)20-11-15-23-13-5-3-6-14-23/h3-18,26H,19-21H2,1-2H3/b15-11+/t26-/m1/s1. The fourth-order valence-electron chi connectivity index (χ4n) is 3.17. The van der Waals surface area contributed by atoms with Crippen LogP contribution >= 0.6 is 0 Å². The van der Waals surface area contributed by atoms with Crippen molar-refractivity contribution in [1.29, 1.82) is 0 Å². The SMILES string of the molecule is Cc1ccccc1O[C@H](CCN(C)C/C=C/c1ccccc1)c1ccccc1. The zero-order valence-electron chi connectivity index (χ0n) is 16.8. The van der Waals surface area contributed by atoms with Crippen molar-refractivity contribution >= 4 is 6.08 Å². The third kappa shape index (κ3) is 6.11. The second-order valence-electron chi connectivity index (χ2n) is 7.15. The molecular formula is C26H29NO. The van der Waals surface area contributed by atoms with E-state index in [4.69, 9.17) is 4.74 Å². The van der Waals surface area contributed by atoms with E-state index in [2.05, 4.69) is 97.8 Å². The van der Waals surface area contributed by atoms with Gasteiger partial charge in [-0.05, 0) is 36.7 Å². The minimum Gasteiger partial charge on any atom is -0.485 e. The molecule has 3 aromatic carbocycles. The van der Waals surface area contributed by atoms with Crippen molar-refractivity contribution in [2.24, 2.45) is 0 Å². The molecule has 0 radical (unpaired) electrons. The van der Waals surface area contributed by atoms with E-state index in [-0.39, 0.29) is 6.10 Å². The maximum atomic E-state index is 6.41. The molecule has 0 heterocycles. The average molecular weight is 372 g/mol. The lowest BCUT2D eigenvalue weighted by Crippen LogP contribution is -2.23. The highest BCUT2D eigenvalue weighted by atomic mass is 16.5. The monoisotopic (exact) mass is 371 g/mol. The first-order valence-corrected chi connectivity index (χ1v) is 9.90. The highest BCUT2D eigenvalue weighted by molar-refractivity contribution is 5.48. The van der Waals surface area contributed by atoms with E-state index >= 15 is 0 Å². The molecule has 0 bridgehead atoms. The van der Waals surface area contributed by atoms with Gasteiger partial charge in [0.05, 0.1) is 0 Å². The van der Waals surface area contributed by atoms with E-state index in [0.29, 0.717) is 0 Å². The lowest BCUT2D eigenvalue weighted by molar-refractivity contribution is 0.175. The van der Waals surface area contributed by atoms with Crippen molar-refractivity contribution in [2.45, 2.75) is 19.4 Å². The number of para-hydroxylation sites is 1. The topological polar surface area (TPSA) is 12.5 Å². The zero-order chi connectivity index (χ0) is 19.6. The second-order valence-corrected chi connectivity index (χ2v) is 7.15. The third-order valence-electron chi connectivity index (χ3n) is 4.83. The number of ether oxygens (including phenoxy) is 1. The molecule has 0 saturated carbocycles. The molecule has 3 aromatic rings. The van der Waals surface area contributed by atoms with Gasteiger partial charge >= 0.3 is 0 Å². The van der Waals surface area contributed by atoms with Crippen LogP contribution in [0.1, 0.15) is 29.2 Å². The quantitative estimate of drug-likeness (QED) is 0.447. The molecule has 0 aliphatic heterocycles. The maximum absolute atomic E-state index is 6.41. The van der Waals surface area contributed by atoms with Crippen LogP contribution in [0.2, 0.25) is 0 Å². The molecule has 1 atom stereocenters. The lowest BCUT2D eigenvalue weighted by Gasteiger charge is -2.23. The lowest BCUT2D eigenvalue weighted by atomic mass is 10.1. The van der Waals surface area contributed by atoms with Gasteiger partial charge in [-0.15, -0.1) is 0 Å². The summed E-state index contributed by atoms with van der Waals surface area (Å²) in [4.78, 5) is 2.33. The fraction of sp³-hybridized carbons (Fsp3) is 0.231. The molecule has 0 fully saturated rings. The summed E-state index contributed by atoms with van der Waals surface area (Å²) in [5.41, 5.74) is 3.63. The van der Waals surface area contributed by atoms with Gasteiger partial charge in [0.1, 0.15) is 11.9 Å². The van der Waals surface area contributed by atoms with Crippen molar-refractivity contribution in [3.8, 4) is 5.75 Å². The molecule has 0 aliphatic carbocycles. The Morgan fingerprint density at radius 2 is 1.50 bits per heavy atom. The van der Waals surface area contributed by atoms with Crippen LogP contribution in [0.15, 0.2) is 91.0 Å². The van der Waals surface area contributed by atoms with Gasteiger partial charge in [-0.1, -0.05) is 91.0 Å². The molecule has 0 amide bonds. The predicted molar refractivity (Wildman–Crippen MR) is 119 cm³/mol. The summed E-state index contributed by atoms with van der Waals surface area (Å²) in [6.07, 6.45) is 5.38. The molecule has 0 saturated heterocycles. The van der Waals surface area contributed by atoms with Crippen molar-refractivity contribution < 1.29 is 4.74 Å². The van der Waals surface area contributed by atoms with Gasteiger partial charge in [0.25, 0.3) is 0 Å². The van der Waals surface area contributed by atoms with Crippen LogP contribution in [0, 0.1) is 6.92 Å². The maximum Gasteiger partial charge on any atom is 0.125 e.